The molecule has 0 fully saturated rings. The van der Waals surface area contributed by atoms with Gasteiger partial charge in [0, 0.05) is 5.39 Å². The van der Waals surface area contributed by atoms with Gasteiger partial charge in [-0.1, -0.05) is 18.2 Å². The third-order valence-corrected chi connectivity index (χ3v) is 3.08. The van der Waals surface area contributed by atoms with Gasteiger partial charge < -0.3 is 0 Å². The minimum absolute atomic E-state index is 1.12. The summed E-state index contributed by atoms with van der Waals surface area (Å²) in [5, 5.41) is 7.65. The van der Waals surface area contributed by atoms with Gasteiger partial charge in [0.2, 0.25) is 0 Å². The number of thiophene rings is 1. The van der Waals surface area contributed by atoms with E-state index in [4.69, 9.17) is 0 Å². The van der Waals surface area contributed by atoms with Crippen molar-refractivity contribution in [3.05, 3.63) is 48.0 Å². The van der Waals surface area contributed by atoms with Crippen LogP contribution in [0.25, 0.3) is 15.9 Å². The molecule has 0 unspecified atom stereocenters. The summed E-state index contributed by atoms with van der Waals surface area (Å²) in [4.78, 5) is 1.20. The second-order valence-electron chi connectivity index (χ2n) is 3.07. The van der Waals surface area contributed by atoms with E-state index in [0.717, 1.165) is 5.69 Å². The summed E-state index contributed by atoms with van der Waals surface area (Å²) >= 11 is 1.72. The van der Waals surface area contributed by atoms with Crippen molar-refractivity contribution in [2.45, 2.75) is 0 Å². The SMILES string of the molecule is c1ccc(-n2ncc3ccsc32)cc1. The average Bonchev–Trinajstić information content (AvgIpc) is 2.79. The summed E-state index contributed by atoms with van der Waals surface area (Å²) in [6.07, 6.45) is 1.90. The van der Waals surface area contributed by atoms with Crippen molar-refractivity contribution in [3.8, 4) is 5.69 Å². The molecule has 2 aromatic heterocycles. The second-order valence-corrected chi connectivity index (χ2v) is 3.97. The molecule has 0 saturated carbocycles. The van der Waals surface area contributed by atoms with E-state index in [-0.39, 0.29) is 0 Å². The first-order valence-corrected chi connectivity index (χ1v) is 5.30. The Balaban J connectivity index is 2.28. The molecule has 14 heavy (non-hydrogen) atoms. The molecule has 0 bridgehead atoms. The number of fused-ring (bicyclic) bond motifs is 1. The molecule has 1 aromatic carbocycles. The maximum atomic E-state index is 4.35. The Bertz CT molecular complexity index is 551. The molecule has 3 aromatic rings. The van der Waals surface area contributed by atoms with Crippen molar-refractivity contribution in [1.82, 2.24) is 9.78 Å². The van der Waals surface area contributed by atoms with Gasteiger partial charge in [-0.3, -0.25) is 0 Å². The molecule has 2 nitrogen and oxygen atoms in total. The largest absolute Gasteiger partial charge is 0.223 e. The summed E-state index contributed by atoms with van der Waals surface area (Å²) in [7, 11) is 0. The van der Waals surface area contributed by atoms with Crippen LogP contribution < -0.4 is 0 Å². The fourth-order valence-electron chi connectivity index (χ4n) is 1.51. The van der Waals surface area contributed by atoms with Gasteiger partial charge in [0.25, 0.3) is 0 Å². The molecule has 0 aliphatic heterocycles. The monoisotopic (exact) mass is 200 g/mol. The van der Waals surface area contributed by atoms with E-state index in [1.54, 1.807) is 11.3 Å². The number of benzene rings is 1. The fraction of sp³-hybridized carbons (Fsp3) is 0. The molecule has 3 rings (SSSR count). The van der Waals surface area contributed by atoms with E-state index >= 15 is 0 Å². The lowest BCUT2D eigenvalue weighted by Crippen LogP contribution is -1.93. The van der Waals surface area contributed by atoms with Crippen LogP contribution in [0.3, 0.4) is 0 Å². The van der Waals surface area contributed by atoms with E-state index in [1.807, 2.05) is 29.1 Å². The van der Waals surface area contributed by atoms with E-state index in [0.29, 0.717) is 0 Å². The molecule has 0 saturated heterocycles. The number of nitrogens with zero attached hydrogens (tertiary/aromatic N) is 2. The first-order valence-electron chi connectivity index (χ1n) is 4.42. The molecule has 0 atom stereocenters. The Kier molecular flexibility index (Phi) is 1.64. The van der Waals surface area contributed by atoms with Crippen LogP contribution in [-0.4, -0.2) is 9.78 Å². The standard InChI is InChI=1S/C11H8N2S/c1-2-4-10(5-3-1)13-11-9(8-12-13)6-7-14-11/h1-8H. The Hall–Kier alpha value is -1.61. The maximum Gasteiger partial charge on any atom is 0.127 e. The van der Waals surface area contributed by atoms with Crippen LogP contribution in [0.2, 0.25) is 0 Å². The normalized spacial score (nSPS) is 10.9. The highest BCUT2D eigenvalue weighted by atomic mass is 32.1. The van der Waals surface area contributed by atoms with Gasteiger partial charge in [-0.2, -0.15) is 5.10 Å². The van der Waals surface area contributed by atoms with E-state index < -0.39 is 0 Å². The zero-order chi connectivity index (χ0) is 9.38. The minimum Gasteiger partial charge on any atom is -0.223 e. The quantitative estimate of drug-likeness (QED) is 0.590. The summed E-state index contributed by atoms with van der Waals surface area (Å²) in [5.74, 6) is 0. The smallest absolute Gasteiger partial charge is 0.127 e. The zero-order valence-corrected chi connectivity index (χ0v) is 8.24. The number of aromatic nitrogens is 2. The average molecular weight is 200 g/mol. The van der Waals surface area contributed by atoms with Crippen LogP contribution in [-0.2, 0) is 0 Å². The van der Waals surface area contributed by atoms with Gasteiger partial charge in [0.05, 0.1) is 11.9 Å². The molecule has 68 valence electrons. The molecule has 0 N–H and O–H groups in total. The highest BCUT2D eigenvalue weighted by Crippen LogP contribution is 2.22. The topological polar surface area (TPSA) is 17.8 Å². The third kappa shape index (κ3) is 1.06. The van der Waals surface area contributed by atoms with Crippen molar-refractivity contribution in [1.29, 1.82) is 0 Å². The van der Waals surface area contributed by atoms with Crippen LogP contribution in [0.5, 0.6) is 0 Å². The first-order chi connectivity index (χ1) is 6.95. The molecule has 0 radical (unpaired) electrons. The molecule has 0 spiro atoms. The highest BCUT2D eigenvalue weighted by molar-refractivity contribution is 7.16. The predicted octanol–water partition coefficient (Wildman–Crippen LogP) is 3.09. The maximum absolute atomic E-state index is 4.35. The Morgan fingerprint density at radius 3 is 2.79 bits per heavy atom. The Labute approximate surface area is 85.4 Å². The fourth-order valence-corrected chi connectivity index (χ4v) is 2.36. The first kappa shape index (κ1) is 7.76. The van der Waals surface area contributed by atoms with E-state index in [2.05, 4.69) is 28.7 Å². The molecule has 0 aliphatic rings. The second kappa shape index (κ2) is 2.96. The van der Waals surface area contributed by atoms with Crippen LogP contribution in [0.4, 0.5) is 0 Å². The molecule has 0 aliphatic carbocycles. The number of hydrogen-bond donors (Lipinski definition) is 0. The Morgan fingerprint density at radius 2 is 1.93 bits per heavy atom. The van der Waals surface area contributed by atoms with Crippen LogP contribution in [0.15, 0.2) is 48.0 Å². The summed E-state index contributed by atoms with van der Waals surface area (Å²) < 4.78 is 1.97. The summed E-state index contributed by atoms with van der Waals surface area (Å²) in [6, 6.07) is 12.3. The Morgan fingerprint density at radius 1 is 1.07 bits per heavy atom. The van der Waals surface area contributed by atoms with Crippen molar-refractivity contribution in [3.63, 3.8) is 0 Å². The number of rotatable bonds is 1. The van der Waals surface area contributed by atoms with Crippen LogP contribution >= 0.6 is 11.3 Å². The lowest BCUT2D eigenvalue weighted by Gasteiger charge is -1.99. The minimum atomic E-state index is 1.12. The summed E-state index contributed by atoms with van der Waals surface area (Å²) in [6.45, 7) is 0. The lowest BCUT2D eigenvalue weighted by atomic mass is 10.3. The van der Waals surface area contributed by atoms with Gasteiger partial charge in [-0.05, 0) is 23.6 Å². The van der Waals surface area contributed by atoms with Gasteiger partial charge in [-0.25, -0.2) is 4.68 Å². The van der Waals surface area contributed by atoms with Crippen LogP contribution in [0.1, 0.15) is 0 Å². The van der Waals surface area contributed by atoms with Crippen LogP contribution in [0, 0.1) is 0 Å². The zero-order valence-electron chi connectivity index (χ0n) is 7.42. The predicted molar refractivity (Wildman–Crippen MR) is 58.9 cm³/mol. The van der Waals surface area contributed by atoms with Crippen molar-refractivity contribution in [2.75, 3.05) is 0 Å². The van der Waals surface area contributed by atoms with Crippen molar-refractivity contribution in [2.24, 2.45) is 0 Å². The van der Waals surface area contributed by atoms with Crippen molar-refractivity contribution >= 4 is 21.6 Å². The van der Waals surface area contributed by atoms with E-state index in [1.165, 1.54) is 10.2 Å². The van der Waals surface area contributed by atoms with Gasteiger partial charge >= 0.3 is 0 Å². The highest BCUT2D eigenvalue weighted by Gasteiger charge is 2.04. The molecule has 2 heterocycles. The lowest BCUT2D eigenvalue weighted by molar-refractivity contribution is 0.917. The summed E-state index contributed by atoms with van der Waals surface area (Å²) in [5.41, 5.74) is 1.12. The molecular weight excluding hydrogens is 192 g/mol. The van der Waals surface area contributed by atoms with Gasteiger partial charge in [0.1, 0.15) is 4.83 Å². The number of hydrogen-bond acceptors (Lipinski definition) is 2. The molecular formula is C11H8N2S. The molecule has 3 heteroatoms. The van der Waals surface area contributed by atoms with Gasteiger partial charge in [-0.15, -0.1) is 11.3 Å². The van der Waals surface area contributed by atoms with E-state index in [9.17, 15) is 0 Å². The number of para-hydroxylation sites is 1. The van der Waals surface area contributed by atoms with Crippen molar-refractivity contribution < 1.29 is 0 Å². The molecule has 0 amide bonds. The third-order valence-electron chi connectivity index (χ3n) is 2.18. The van der Waals surface area contributed by atoms with Gasteiger partial charge in [0.15, 0.2) is 0 Å².